The molecule has 1 aromatic carbocycles. The zero-order valence-corrected chi connectivity index (χ0v) is 11.7. The Bertz CT molecular complexity index is 502. The summed E-state index contributed by atoms with van der Waals surface area (Å²) in [6.07, 6.45) is 0. The quantitative estimate of drug-likeness (QED) is 0.500. The highest BCUT2D eigenvalue weighted by Crippen LogP contribution is 2.09. The predicted octanol–water partition coefficient (Wildman–Crippen LogP) is -0.461. The van der Waals surface area contributed by atoms with Gasteiger partial charge in [-0.2, -0.15) is 0 Å². The maximum Gasteiger partial charge on any atom is 0.488 e. The van der Waals surface area contributed by atoms with Gasteiger partial charge in [0.25, 0.3) is 5.91 Å². The van der Waals surface area contributed by atoms with Gasteiger partial charge in [-0.25, -0.2) is 4.79 Å². The Morgan fingerprint density at radius 2 is 1.95 bits per heavy atom. The van der Waals surface area contributed by atoms with E-state index in [9.17, 15) is 9.59 Å². The molecule has 1 rings (SSSR count). The maximum absolute atomic E-state index is 12.0. The SMILES string of the molecule is COC(=O)c1cc(B(O)O)ccc1C(=O)NCC(C)C. The number of carbonyl (C=O) groups excluding carboxylic acids is 2. The van der Waals surface area contributed by atoms with E-state index >= 15 is 0 Å². The van der Waals surface area contributed by atoms with Gasteiger partial charge in [0, 0.05) is 6.54 Å². The fourth-order valence-electron chi connectivity index (χ4n) is 1.59. The summed E-state index contributed by atoms with van der Waals surface area (Å²) in [6.45, 7) is 4.38. The second kappa shape index (κ2) is 7.07. The number of hydrogen-bond donors (Lipinski definition) is 3. The number of rotatable bonds is 5. The van der Waals surface area contributed by atoms with Crippen molar-refractivity contribution in [2.45, 2.75) is 13.8 Å². The summed E-state index contributed by atoms with van der Waals surface area (Å²) >= 11 is 0. The van der Waals surface area contributed by atoms with E-state index in [-0.39, 0.29) is 22.5 Å². The first kappa shape index (κ1) is 16.2. The molecule has 0 aromatic heterocycles. The van der Waals surface area contributed by atoms with Crippen molar-refractivity contribution in [3.63, 3.8) is 0 Å². The van der Waals surface area contributed by atoms with E-state index in [1.807, 2.05) is 13.8 Å². The van der Waals surface area contributed by atoms with Gasteiger partial charge in [-0.05, 0) is 23.5 Å². The second-order valence-electron chi connectivity index (χ2n) is 4.77. The van der Waals surface area contributed by atoms with Crippen molar-refractivity contribution in [3.8, 4) is 0 Å². The number of methoxy groups -OCH3 is 1. The molecular weight excluding hydrogens is 261 g/mol. The number of amides is 1. The molecule has 3 N–H and O–H groups in total. The third-order valence-electron chi connectivity index (χ3n) is 2.66. The van der Waals surface area contributed by atoms with Gasteiger partial charge in [-0.1, -0.05) is 19.9 Å². The summed E-state index contributed by atoms with van der Waals surface area (Å²) in [5, 5.41) is 20.9. The van der Waals surface area contributed by atoms with Gasteiger partial charge < -0.3 is 20.1 Å². The lowest BCUT2D eigenvalue weighted by Crippen LogP contribution is -2.33. The van der Waals surface area contributed by atoms with Crippen LogP contribution in [-0.4, -0.2) is 42.7 Å². The van der Waals surface area contributed by atoms with Crippen molar-refractivity contribution >= 4 is 24.5 Å². The lowest BCUT2D eigenvalue weighted by molar-refractivity contribution is 0.0596. The van der Waals surface area contributed by atoms with Gasteiger partial charge in [0.05, 0.1) is 18.2 Å². The van der Waals surface area contributed by atoms with E-state index in [4.69, 9.17) is 10.0 Å². The average molecular weight is 279 g/mol. The van der Waals surface area contributed by atoms with Crippen molar-refractivity contribution in [1.82, 2.24) is 5.32 Å². The zero-order valence-electron chi connectivity index (χ0n) is 11.7. The van der Waals surface area contributed by atoms with E-state index in [0.717, 1.165) is 0 Å². The molecule has 0 radical (unpaired) electrons. The third-order valence-corrected chi connectivity index (χ3v) is 2.66. The molecule has 20 heavy (non-hydrogen) atoms. The zero-order chi connectivity index (χ0) is 15.3. The average Bonchev–Trinajstić information content (AvgIpc) is 2.42. The van der Waals surface area contributed by atoms with Crippen molar-refractivity contribution in [1.29, 1.82) is 0 Å². The van der Waals surface area contributed by atoms with Crippen molar-refractivity contribution in [2.75, 3.05) is 13.7 Å². The van der Waals surface area contributed by atoms with E-state index < -0.39 is 19.0 Å². The molecule has 0 fully saturated rings. The molecule has 0 aliphatic rings. The summed E-state index contributed by atoms with van der Waals surface area (Å²) in [4.78, 5) is 23.7. The standard InChI is InChI=1S/C13H18BNO5/c1-8(2)7-15-12(16)10-5-4-9(14(18)19)6-11(10)13(17)20-3/h4-6,8,18-19H,7H2,1-3H3,(H,15,16). The van der Waals surface area contributed by atoms with E-state index in [0.29, 0.717) is 6.54 Å². The van der Waals surface area contributed by atoms with Crippen LogP contribution in [0.15, 0.2) is 18.2 Å². The van der Waals surface area contributed by atoms with Crippen LogP contribution < -0.4 is 10.8 Å². The minimum Gasteiger partial charge on any atom is -0.465 e. The van der Waals surface area contributed by atoms with Crippen LogP contribution in [0.1, 0.15) is 34.6 Å². The summed E-state index contributed by atoms with van der Waals surface area (Å²) in [5.74, 6) is -0.834. The summed E-state index contributed by atoms with van der Waals surface area (Å²) in [7, 11) is -0.522. The molecule has 6 nitrogen and oxygen atoms in total. The first-order valence-corrected chi connectivity index (χ1v) is 6.23. The van der Waals surface area contributed by atoms with Crippen LogP contribution in [-0.2, 0) is 4.74 Å². The number of hydrogen-bond acceptors (Lipinski definition) is 5. The number of ether oxygens (including phenoxy) is 1. The van der Waals surface area contributed by atoms with Gasteiger partial charge in [0.2, 0.25) is 0 Å². The lowest BCUT2D eigenvalue weighted by atomic mass is 9.79. The molecule has 0 saturated heterocycles. The molecule has 0 heterocycles. The Balaban J connectivity index is 3.11. The topological polar surface area (TPSA) is 95.9 Å². The van der Waals surface area contributed by atoms with Crippen molar-refractivity contribution < 1.29 is 24.4 Å². The minimum absolute atomic E-state index is 0.000596. The molecule has 0 unspecified atom stereocenters. The Morgan fingerprint density at radius 1 is 1.30 bits per heavy atom. The summed E-state index contributed by atoms with van der Waals surface area (Å²) < 4.78 is 4.61. The molecule has 7 heteroatoms. The third kappa shape index (κ3) is 4.08. The normalized spacial score (nSPS) is 10.3. The van der Waals surface area contributed by atoms with Gasteiger partial charge in [0.1, 0.15) is 0 Å². The highest BCUT2D eigenvalue weighted by molar-refractivity contribution is 6.58. The van der Waals surface area contributed by atoms with Crippen LogP contribution in [0.3, 0.4) is 0 Å². The first-order chi connectivity index (χ1) is 9.36. The Hall–Kier alpha value is -1.86. The molecular formula is C13H18BNO5. The number of nitrogens with one attached hydrogen (secondary N) is 1. The second-order valence-corrected chi connectivity index (χ2v) is 4.77. The largest absolute Gasteiger partial charge is 0.488 e. The Kier molecular flexibility index (Phi) is 5.73. The molecule has 0 atom stereocenters. The van der Waals surface area contributed by atoms with Crippen LogP contribution in [0, 0.1) is 5.92 Å². The van der Waals surface area contributed by atoms with Crippen LogP contribution in [0.2, 0.25) is 0 Å². The summed E-state index contributed by atoms with van der Waals surface area (Å²) in [5.41, 5.74) is 0.257. The predicted molar refractivity (Wildman–Crippen MR) is 74.8 cm³/mol. The van der Waals surface area contributed by atoms with Crippen molar-refractivity contribution in [3.05, 3.63) is 29.3 Å². The first-order valence-electron chi connectivity index (χ1n) is 6.23. The molecule has 1 aromatic rings. The molecule has 0 aliphatic carbocycles. The lowest BCUT2D eigenvalue weighted by Gasteiger charge is -2.12. The van der Waals surface area contributed by atoms with Crippen LogP contribution in [0.4, 0.5) is 0 Å². The number of benzene rings is 1. The smallest absolute Gasteiger partial charge is 0.465 e. The molecule has 0 spiro atoms. The van der Waals surface area contributed by atoms with Gasteiger partial charge >= 0.3 is 13.1 Å². The highest BCUT2D eigenvalue weighted by atomic mass is 16.5. The van der Waals surface area contributed by atoms with Crippen LogP contribution in [0.5, 0.6) is 0 Å². The van der Waals surface area contributed by atoms with Gasteiger partial charge in [-0.15, -0.1) is 0 Å². The maximum atomic E-state index is 12.0. The van der Waals surface area contributed by atoms with Crippen LogP contribution >= 0.6 is 0 Å². The van der Waals surface area contributed by atoms with Crippen molar-refractivity contribution in [2.24, 2.45) is 5.92 Å². The minimum atomic E-state index is -1.72. The fourth-order valence-corrected chi connectivity index (χ4v) is 1.59. The highest BCUT2D eigenvalue weighted by Gasteiger charge is 2.21. The molecule has 0 saturated carbocycles. The van der Waals surface area contributed by atoms with Gasteiger partial charge in [0.15, 0.2) is 0 Å². The van der Waals surface area contributed by atoms with E-state index in [2.05, 4.69) is 10.1 Å². The number of carbonyl (C=O) groups is 2. The van der Waals surface area contributed by atoms with Gasteiger partial charge in [-0.3, -0.25) is 4.79 Å². The monoisotopic (exact) mass is 279 g/mol. The number of esters is 1. The molecule has 108 valence electrons. The fraction of sp³-hybridized carbons (Fsp3) is 0.385. The van der Waals surface area contributed by atoms with Crippen LogP contribution in [0.25, 0.3) is 0 Å². The molecule has 0 bridgehead atoms. The Morgan fingerprint density at radius 3 is 2.45 bits per heavy atom. The summed E-state index contributed by atoms with van der Waals surface area (Å²) in [6, 6.07) is 3.98. The molecule has 1 amide bonds. The molecule has 0 aliphatic heterocycles. The van der Waals surface area contributed by atoms with E-state index in [1.54, 1.807) is 0 Å². The Labute approximate surface area is 117 Å². The van der Waals surface area contributed by atoms with E-state index in [1.165, 1.54) is 25.3 Å².